The number of carbonyl (C=O) groups excluding carboxylic acids is 1. The van der Waals surface area contributed by atoms with E-state index in [9.17, 15) is 30.8 Å². The maximum absolute atomic E-state index is 13.6. The van der Waals surface area contributed by atoms with Gasteiger partial charge in [-0.15, -0.1) is 11.3 Å². The van der Waals surface area contributed by atoms with Crippen molar-refractivity contribution in [1.29, 1.82) is 0 Å². The Hall–Kier alpha value is -2.46. The number of Topliss-reactive ketones (excluding diaryl/α,β-unsaturated/α-hetero) is 1. The number of ketones is 1. The molecule has 154 valence electrons. The van der Waals surface area contributed by atoms with E-state index in [-0.39, 0.29) is 21.9 Å². The summed E-state index contributed by atoms with van der Waals surface area (Å²) in [6.45, 7) is 0.813. The van der Waals surface area contributed by atoms with Crippen LogP contribution in [0.3, 0.4) is 0 Å². The number of halogens is 4. The van der Waals surface area contributed by atoms with Gasteiger partial charge in [-0.1, -0.05) is 24.3 Å². The van der Waals surface area contributed by atoms with Crippen LogP contribution in [0.25, 0.3) is 10.1 Å². The molecular formula is C19H15F4NO3S2. The second kappa shape index (κ2) is 7.42. The minimum atomic E-state index is -4.92. The molecule has 4 nitrogen and oxygen atoms in total. The van der Waals surface area contributed by atoms with Crippen molar-refractivity contribution < 1.29 is 30.8 Å². The van der Waals surface area contributed by atoms with Crippen LogP contribution in [0, 0.1) is 5.82 Å². The Bertz CT molecular complexity index is 1200. The van der Waals surface area contributed by atoms with E-state index in [0.29, 0.717) is 22.2 Å². The van der Waals surface area contributed by atoms with E-state index < -0.39 is 34.1 Å². The van der Waals surface area contributed by atoms with Crippen LogP contribution < -0.4 is 4.31 Å². The number of hydrogen-bond donors (Lipinski definition) is 0. The fourth-order valence-corrected chi connectivity index (χ4v) is 5.39. The zero-order chi connectivity index (χ0) is 21.6. The van der Waals surface area contributed by atoms with E-state index in [0.717, 1.165) is 28.0 Å². The van der Waals surface area contributed by atoms with Gasteiger partial charge >= 0.3 is 6.18 Å². The SMILES string of the molecule is CC(=O)c1c(N(Cc2ccc(F)c(C(F)(F)F)c2)S(C)(=O)=O)sc2ccccc12. The van der Waals surface area contributed by atoms with Gasteiger partial charge in [0.15, 0.2) is 5.78 Å². The average Bonchev–Trinajstić information content (AvgIpc) is 2.97. The van der Waals surface area contributed by atoms with Gasteiger partial charge in [-0.05, 0) is 30.7 Å². The molecule has 0 bridgehead atoms. The monoisotopic (exact) mass is 445 g/mol. The van der Waals surface area contributed by atoms with Gasteiger partial charge in [-0.3, -0.25) is 9.10 Å². The number of alkyl halides is 3. The minimum Gasteiger partial charge on any atom is -0.294 e. The number of fused-ring (bicyclic) bond motifs is 1. The van der Waals surface area contributed by atoms with Crippen molar-refractivity contribution in [1.82, 2.24) is 0 Å². The first kappa shape index (κ1) is 21.3. The number of anilines is 1. The first-order chi connectivity index (χ1) is 13.4. The Balaban J connectivity index is 2.17. The normalized spacial score (nSPS) is 12.3. The topological polar surface area (TPSA) is 54.5 Å². The third-order valence-corrected chi connectivity index (χ3v) is 6.64. The molecule has 1 aromatic heterocycles. The number of rotatable bonds is 5. The van der Waals surface area contributed by atoms with Crippen LogP contribution in [0.5, 0.6) is 0 Å². The Kier molecular flexibility index (Phi) is 5.44. The van der Waals surface area contributed by atoms with Gasteiger partial charge in [0, 0.05) is 10.1 Å². The fourth-order valence-electron chi connectivity index (χ4n) is 2.94. The molecule has 3 aromatic rings. The summed E-state index contributed by atoms with van der Waals surface area (Å²) >= 11 is 1.05. The average molecular weight is 445 g/mol. The standard InChI is InChI=1S/C19H15F4NO3S2/c1-11(25)17-13-5-3-4-6-16(13)28-18(17)24(29(2,26)27)10-12-7-8-15(20)14(9-12)19(21,22)23/h3-9H,10H2,1-2H3. The molecule has 0 spiro atoms. The Morgan fingerprint density at radius 1 is 1.14 bits per heavy atom. The van der Waals surface area contributed by atoms with Crippen molar-refractivity contribution in [3.63, 3.8) is 0 Å². The molecule has 0 amide bonds. The number of nitrogens with zero attached hydrogens (tertiary/aromatic N) is 1. The van der Waals surface area contributed by atoms with Crippen LogP contribution >= 0.6 is 11.3 Å². The van der Waals surface area contributed by atoms with Gasteiger partial charge in [-0.25, -0.2) is 12.8 Å². The van der Waals surface area contributed by atoms with Crippen LogP contribution in [0.4, 0.5) is 22.6 Å². The van der Waals surface area contributed by atoms with Crippen molar-refractivity contribution in [2.45, 2.75) is 19.6 Å². The van der Waals surface area contributed by atoms with E-state index in [4.69, 9.17) is 0 Å². The van der Waals surface area contributed by atoms with Crippen LogP contribution in [-0.4, -0.2) is 20.5 Å². The van der Waals surface area contributed by atoms with Gasteiger partial charge in [0.2, 0.25) is 10.0 Å². The van der Waals surface area contributed by atoms with E-state index >= 15 is 0 Å². The van der Waals surface area contributed by atoms with Crippen molar-refractivity contribution in [2.75, 3.05) is 10.6 Å². The first-order valence-corrected chi connectivity index (χ1v) is 10.9. The molecule has 0 aliphatic carbocycles. The number of benzene rings is 2. The van der Waals surface area contributed by atoms with Crippen LogP contribution in [0.1, 0.15) is 28.4 Å². The highest BCUT2D eigenvalue weighted by Gasteiger charge is 2.35. The lowest BCUT2D eigenvalue weighted by Crippen LogP contribution is -2.30. The van der Waals surface area contributed by atoms with Crippen LogP contribution in [-0.2, 0) is 22.7 Å². The van der Waals surface area contributed by atoms with Crippen molar-refractivity contribution in [3.8, 4) is 0 Å². The van der Waals surface area contributed by atoms with E-state index in [1.54, 1.807) is 24.3 Å². The zero-order valence-corrected chi connectivity index (χ0v) is 16.9. The highest BCUT2D eigenvalue weighted by Crippen LogP contribution is 2.40. The molecule has 0 aliphatic heterocycles. The highest BCUT2D eigenvalue weighted by molar-refractivity contribution is 7.92. The van der Waals surface area contributed by atoms with E-state index in [2.05, 4.69) is 0 Å². The summed E-state index contributed by atoms with van der Waals surface area (Å²) in [7, 11) is -3.96. The number of carbonyl (C=O) groups is 1. The zero-order valence-electron chi connectivity index (χ0n) is 15.2. The van der Waals surface area contributed by atoms with Crippen molar-refractivity contribution in [3.05, 3.63) is 65.0 Å². The summed E-state index contributed by atoms with van der Waals surface area (Å²) < 4.78 is 79.1. The predicted molar refractivity (Wildman–Crippen MR) is 104 cm³/mol. The van der Waals surface area contributed by atoms with Gasteiger partial charge < -0.3 is 0 Å². The molecule has 3 rings (SSSR count). The summed E-state index contributed by atoms with van der Waals surface area (Å²) in [5.74, 6) is -1.82. The molecule has 2 aromatic carbocycles. The molecular weight excluding hydrogens is 430 g/mol. The van der Waals surface area contributed by atoms with Crippen molar-refractivity contribution >= 4 is 42.2 Å². The Morgan fingerprint density at radius 2 is 1.79 bits per heavy atom. The Morgan fingerprint density at radius 3 is 2.38 bits per heavy atom. The second-order valence-corrected chi connectivity index (χ2v) is 9.35. The van der Waals surface area contributed by atoms with E-state index in [1.807, 2.05) is 0 Å². The summed E-state index contributed by atoms with van der Waals surface area (Å²) in [4.78, 5) is 12.2. The molecule has 0 radical (unpaired) electrons. The molecule has 0 saturated heterocycles. The quantitative estimate of drug-likeness (QED) is 0.399. The number of sulfonamides is 1. The minimum absolute atomic E-state index is 0.0592. The van der Waals surface area contributed by atoms with Gasteiger partial charge in [0.05, 0.1) is 23.9 Å². The molecule has 0 unspecified atom stereocenters. The summed E-state index contributed by atoms with van der Waals surface area (Å²) in [5.41, 5.74) is -1.36. The molecule has 0 saturated carbocycles. The van der Waals surface area contributed by atoms with Gasteiger partial charge in [-0.2, -0.15) is 13.2 Å². The second-order valence-electron chi connectivity index (χ2n) is 6.42. The summed E-state index contributed by atoms with van der Waals surface area (Å²) in [5, 5.41) is 0.669. The molecule has 10 heteroatoms. The molecule has 0 N–H and O–H groups in total. The Labute approximate surface area is 168 Å². The molecule has 0 atom stereocenters. The highest BCUT2D eigenvalue weighted by atomic mass is 32.2. The largest absolute Gasteiger partial charge is 0.419 e. The third-order valence-electron chi connectivity index (χ3n) is 4.22. The number of hydrogen-bond acceptors (Lipinski definition) is 4. The van der Waals surface area contributed by atoms with E-state index in [1.165, 1.54) is 6.92 Å². The maximum atomic E-state index is 13.6. The number of thiophene rings is 1. The molecule has 0 aliphatic rings. The smallest absolute Gasteiger partial charge is 0.294 e. The summed E-state index contributed by atoms with van der Waals surface area (Å²) in [6, 6.07) is 9.13. The lowest BCUT2D eigenvalue weighted by Gasteiger charge is -2.22. The maximum Gasteiger partial charge on any atom is 0.419 e. The lowest BCUT2D eigenvalue weighted by atomic mass is 10.1. The van der Waals surface area contributed by atoms with Crippen LogP contribution in [0.2, 0.25) is 0 Å². The fraction of sp³-hybridized carbons (Fsp3) is 0.211. The van der Waals surface area contributed by atoms with Crippen molar-refractivity contribution in [2.24, 2.45) is 0 Å². The predicted octanol–water partition coefficient (Wildman–Crippen LogP) is 5.23. The van der Waals surface area contributed by atoms with Crippen LogP contribution in [0.15, 0.2) is 42.5 Å². The van der Waals surface area contributed by atoms with Gasteiger partial charge in [0.1, 0.15) is 10.8 Å². The molecule has 29 heavy (non-hydrogen) atoms. The van der Waals surface area contributed by atoms with Gasteiger partial charge in [0.25, 0.3) is 0 Å². The first-order valence-electron chi connectivity index (χ1n) is 8.25. The lowest BCUT2D eigenvalue weighted by molar-refractivity contribution is -0.140. The third kappa shape index (κ3) is 4.27. The molecule has 0 fully saturated rings. The summed E-state index contributed by atoms with van der Waals surface area (Å²) in [6.07, 6.45) is -4.02. The molecule has 1 heterocycles.